The molecule has 0 unspecified atom stereocenters. The fourth-order valence-electron chi connectivity index (χ4n) is 0.922. The van der Waals surface area contributed by atoms with Crippen LogP contribution in [0.4, 0.5) is 5.69 Å². The lowest BCUT2D eigenvalue weighted by molar-refractivity contribution is -0.385. The van der Waals surface area contributed by atoms with Crippen molar-refractivity contribution >= 4 is 18.3 Å². The Morgan fingerprint density at radius 2 is 2.23 bits per heavy atom. The number of nitriles is 1. The Balaban J connectivity index is 3.44. The van der Waals surface area contributed by atoms with Gasteiger partial charge in [0.1, 0.15) is 11.6 Å². The van der Waals surface area contributed by atoms with E-state index in [1.54, 1.807) is 13.0 Å². The van der Waals surface area contributed by atoms with E-state index in [9.17, 15) is 10.1 Å². The number of aryl methyl sites for hydroxylation is 1. The topological polar surface area (TPSA) is 66.9 Å². The molecule has 0 saturated carbocycles. The second-order valence-electron chi connectivity index (χ2n) is 2.52. The number of nitro groups is 1. The van der Waals surface area contributed by atoms with Crippen LogP contribution in [0.1, 0.15) is 11.1 Å². The molecular formula is C8H6N2O2S. The minimum atomic E-state index is -0.571. The third kappa shape index (κ3) is 1.79. The normalized spacial score (nSPS) is 9.31. The fraction of sp³-hybridized carbons (Fsp3) is 0.125. The van der Waals surface area contributed by atoms with Crippen molar-refractivity contribution in [2.45, 2.75) is 11.8 Å². The Morgan fingerprint density at radius 1 is 1.62 bits per heavy atom. The summed E-state index contributed by atoms with van der Waals surface area (Å²) in [5.41, 5.74) is 0.562. The smallest absolute Gasteiger partial charge is 0.258 e. The third-order valence-electron chi connectivity index (χ3n) is 1.63. The van der Waals surface area contributed by atoms with Gasteiger partial charge in [0, 0.05) is 11.0 Å². The highest BCUT2D eigenvalue weighted by Crippen LogP contribution is 2.24. The Hall–Kier alpha value is -1.54. The minimum absolute atomic E-state index is 0.0422. The van der Waals surface area contributed by atoms with Gasteiger partial charge in [0.2, 0.25) is 0 Å². The van der Waals surface area contributed by atoms with Crippen LogP contribution >= 0.6 is 12.6 Å². The Bertz CT molecular complexity index is 409. The first-order valence-corrected chi connectivity index (χ1v) is 3.89. The van der Waals surface area contributed by atoms with Gasteiger partial charge >= 0.3 is 0 Å². The molecule has 1 rings (SSSR count). The standard InChI is InChI=1S/C8H6N2O2S/c1-5-2-7(10(11)12)6(4-9)3-8(5)13/h2-3,13H,1H3. The van der Waals surface area contributed by atoms with Crippen LogP contribution in [0.2, 0.25) is 0 Å². The van der Waals surface area contributed by atoms with E-state index in [2.05, 4.69) is 12.6 Å². The summed E-state index contributed by atoms with van der Waals surface area (Å²) >= 11 is 4.06. The number of rotatable bonds is 1. The first kappa shape index (κ1) is 9.55. The van der Waals surface area contributed by atoms with Gasteiger partial charge < -0.3 is 0 Å². The molecule has 0 fully saturated rings. The van der Waals surface area contributed by atoms with Gasteiger partial charge in [0.15, 0.2) is 0 Å². The molecule has 0 radical (unpaired) electrons. The minimum Gasteiger partial charge on any atom is -0.258 e. The summed E-state index contributed by atoms with van der Waals surface area (Å²) in [7, 11) is 0. The quantitative estimate of drug-likeness (QED) is 0.422. The van der Waals surface area contributed by atoms with Crippen LogP contribution in [0.5, 0.6) is 0 Å². The molecule has 0 amide bonds. The summed E-state index contributed by atoms with van der Waals surface area (Å²) in [5.74, 6) is 0. The van der Waals surface area contributed by atoms with E-state index in [1.165, 1.54) is 12.1 Å². The van der Waals surface area contributed by atoms with Crippen molar-refractivity contribution in [1.82, 2.24) is 0 Å². The first-order chi connectivity index (χ1) is 6.06. The van der Waals surface area contributed by atoms with E-state index >= 15 is 0 Å². The van der Waals surface area contributed by atoms with Crippen LogP contribution in [0, 0.1) is 28.4 Å². The maximum atomic E-state index is 10.5. The van der Waals surface area contributed by atoms with E-state index in [1.807, 2.05) is 0 Å². The third-order valence-corrected chi connectivity index (χ3v) is 2.11. The molecule has 4 nitrogen and oxygen atoms in total. The number of thiol groups is 1. The highest BCUT2D eigenvalue weighted by atomic mass is 32.1. The molecule has 0 atom stereocenters. The highest BCUT2D eigenvalue weighted by molar-refractivity contribution is 7.80. The Kier molecular flexibility index (Phi) is 2.54. The molecule has 66 valence electrons. The first-order valence-electron chi connectivity index (χ1n) is 3.44. The van der Waals surface area contributed by atoms with Crippen LogP contribution < -0.4 is 0 Å². The van der Waals surface area contributed by atoms with Crippen molar-refractivity contribution in [3.8, 4) is 6.07 Å². The maximum Gasteiger partial charge on any atom is 0.287 e. The molecular weight excluding hydrogens is 188 g/mol. The number of nitrogens with zero attached hydrogens (tertiary/aromatic N) is 2. The monoisotopic (exact) mass is 194 g/mol. The lowest BCUT2D eigenvalue weighted by Gasteiger charge is -1.99. The van der Waals surface area contributed by atoms with Gasteiger partial charge in [-0.2, -0.15) is 5.26 Å². The molecule has 1 aromatic carbocycles. The summed E-state index contributed by atoms with van der Waals surface area (Å²) in [6.07, 6.45) is 0. The van der Waals surface area contributed by atoms with E-state index in [0.717, 1.165) is 0 Å². The van der Waals surface area contributed by atoms with Gasteiger partial charge in [0.25, 0.3) is 5.69 Å². The van der Waals surface area contributed by atoms with E-state index in [0.29, 0.717) is 10.5 Å². The van der Waals surface area contributed by atoms with E-state index in [4.69, 9.17) is 5.26 Å². The van der Waals surface area contributed by atoms with Crippen molar-refractivity contribution < 1.29 is 4.92 Å². The van der Waals surface area contributed by atoms with Gasteiger partial charge in [-0.15, -0.1) is 12.6 Å². The van der Waals surface area contributed by atoms with Gasteiger partial charge in [-0.3, -0.25) is 10.1 Å². The molecule has 0 saturated heterocycles. The number of hydrogen-bond donors (Lipinski definition) is 1. The predicted molar refractivity (Wildman–Crippen MR) is 49.8 cm³/mol. The molecule has 0 aliphatic carbocycles. The summed E-state index contributed by atoms with van der Waals surface area (Å²) < 4.78 is 0. The Labute approximate surface area is 80.4 Å². The number of nitro benzene ring substituents is 1. The molecule has 0 N–H and O–H groups in total. The van der Waals surface area contributed by atoms with Crippen molar-refractivity contribution in [2.24, 2.45) is 0 Å². The summed E-state index contributed by atoms with van der Waals surface area (Å²) in [5, 5.41) is 19.1. The molecule has 1 aromatic rings. The van der Waals surface area contributed by atoms with Crippen molar-refractivity contribution in [2.75, 3.05) is 0 Å². The van der Waals surface area contributed by atoms with E-state index < -0.39 is 4.92 Å². The molecule has 5 heteroatoms. The van der Waals surface area contributed by atoms with Crippen LogP contribution in [-0.2, 0) is 0 Å². The second-order valence-corrected chi connectivity index (χ2v) is 3.01. The van der Waals surface area contributed by atoms with Gasteiger partial charge in [-0.1, -0.05) is 0 Å². The lowest BCUT2D eigenvalue weighted by Crippen LogP contribution is -1.93. The van der Waals surface area contributed by atoms with Crippen LogP contribution in [0.3, 0.4) is 0 Å². The molecule has 0 aliphatic rings. The molecule has 0 aliphatic heterocycles. The molecule has 0 aromatic heterocycles. The maximum absolute atomic E-state index is 10.5. The van der Waals surface area contributed by atoms with Gasteiger partial charge in [-0.25, -0.2) is 0 Å². The number of hydrogen-bond acceptors (Lipinski definition) is 4. The number of benzene rings is 1. The molecule has 0 heterocycles. The fourth-order valence-corrected chi connectivity index (χ4v) is 1.12. The van der Waals surface area contributed by atoms with Crippen LogP contribution in [0.25, 0.3) is 0 Å². The summed E-state index contributed by atoms with van der Waals surface area (Å²) in [4.78, 5) is 10.5. The zero-order valence-electron chi connectivity index (χ0n) is 6.81. The van der Waals surface area contributed by atoms with Crippen molar-refractivity contribution in [1.29, 1.82) is 5.26 Å². The predicted octanol–water partition coefficient (Wildman–Crippen LogP) is 2.06. The highest BCUT2D eigenvalue weighted by Gasteiger charge is 2.14. The lowest BCUT2D eigenvalue weighted by atomic mass is 10.1. The van der Waals surface area contributed by atoms with Crippen molar-refractivity contribution in [3.05, 3.63) is 33.4 Å². The van der Waals surface area contributed by atoms with Gasteiger partial charge in [0.05, 0.1) is 4.92 Å². The Morgan fingerprint density at radius 3 is 2.69 bits per heavy atom. The summed E-state index contributed by atoms with van der Waals surface area (Å²) in [6.45, 7) is 1.70. The van der Waals surface area contributed by atoms with Crippen LogP contribution in [0.15, 0.2) is 17.0 Å². The molecule has 13 heavy (non-hydrogen) atoms. The van der Waals surface area contributed by atoms with Crippen molar-refractivity contribution in [3.63, 3.8) is 0 Å². The zero-order chi connectivity index (χ0) is 10.0. The average molecular weight is 194 g/mol. The van der Waals surface area contributed by atoms with E-state index in [-0.39, 0.29) is 11.3 Å². The second kappa shape index (κ2) is 3.46. The summed E-state index contributed by atoms with van der Waals surface area (Å²) in [6, 6.07) is 4.50. The van der Waals surface area contributed by atoms with Crippen LogP contribution in [-0.4, -0.2) is 4.92 Å². The zero-order valence-corrected chi connectivity index (χ0v) is 7.71. The molecule has 0 bridgehead atoms. The van der Waals surface area contributed by atoms with Gasteiger partial charge in [-0.05, 0) is 18.6 Å². The average Bonchev–Trinajstić information content (AvgIpc) is 2.08. The largest absolute Gasteiger partial charge is 0.287 e. The molecule has 0 spiro atoms. The SMILES string of the molecule is Cc1cc([N+](=O)[O-])c(C#N)cc1S.